The largest absolute Gasteiger partial charge is 0.478 e. The molecular weight excluding hydrogens is 556 g/mol. The maximum absolute atomic E-state index is 11.9. The van der Waals surface area contributed by atoms with E-state index in [1.807, 2.05) is 83.3 Å². The van der Waals surface area contributed by atoms with E-state index in [0.29, 0.717) is 11.1 Å². The zero-order valence-corrected chi connectivity index (χ0v) is 17.8. The second-order valence-corrected chi connectivity index (χ2v) is 7.41. The van der Waals surface area contributed by atoms with Gasteiger partial charge in [-0.05, 0) is 81.6 Å². The molecule has 0 spiro atoms. The average molecular weight is 571 g/mol. The predicted octanol–water partition coefficient (Wildman–Crippen LogP) is 5.53. The van der Waals surface area contributed by atoms with E-state index in [1.54, 1.807) is 18.2 Å². The van der Waals surface area contributed by atoms with Crippen molar-refractivity contribution in [2.75, 3.05) is 5.32 Å². The molecule has 132 valence electrons. The van der Waals surface area contributed by atoms with Gasteiger partial charge in [-0.1, -0.05) is 42.5 Å². The number of carboxylic acids is 1. The van der Waals surface area contributed by atoms with Crippen LogP contribution in [0.4, 0.5) is 5.69 Å². The van der Waals surface area contributed by atoms with Crippen LogP contribution in [-0.2, 0) is 0 Å². The maximum atomic E-state index is 11.9. The van der Waals surface area contributed by atoms with E-state index < -0.39 is 5.97 Å². The van der Waals surface area contributed by atoms with E-state index in [-0.39, 0.29) is 5.91 Å². The van der Waals surface area contributed by atoms with E-state index in [0.717, 1.165) is 12.8 Å². The molecule has 0 fully saturated rings. The van der Waals surface area contributed by atoms with E-state index in [1.165, 1.54) is 0 Å². The summed E-state index contributed by atoms with van der Waals surface area (Å²) < 4.78 is 1.72. The molecule has 3 aromatic rings. The van der Waals surface area contributed by atoms with Gasteiger partial charge in [-0.2, -0.15) is 0 Å². The molecule has 0 bridgehead atoms. The number of nitrogens with one attached hydrogen (secondary N) is 1. The molecule has 4 nitrogen and oxygen atoms in total. The summed E-state index contributed by atoms with van der Waals surface area (Å²) in [4.78, 5) is 22.3. The Morgan fingerprint density at radius 1 is 0.692 bits per heavy atom. The summed E-state index contributed by atoms with van der Waals surface area (Å²) in [6, 6.07) is 23.8. The number of carbonyl (C=O) groups excluding carboxylic acids is 1. The van der Waals surface area contributed by atoms with E-state index in [9.17, 15) is 9.59 Å². The predicted molar refractivity (Wildman–Crippen MR) is 120 cm³/mol. The summed E-state index contributed by atoms with van der Waals surface area (Å²) in [7, 11) is 0. The van der Waals surface area contributed by atoms with Crippen LogP contribution in [0.15, 0.2) is 78.9 Å². The number of halogens is 2. The second-order valence-electron chi connectivity index (χ2n) is 5.08. The normalized spacial score (nSPS) is 9.62. The number of rotatable bonds is 3. The minimum Gasteiger partial charge on any atom is -0.478 e. The number of carboxylic acid groups (broad SMARTS) is 1. The van der Waals surface area contributed by atoms with Gasteiger partial charge in [-0.25, -0.2) is 4.79 Å². The molecule has 0 saturated carbocycles. The number of hydrogen-bond donors (Lipinski definition) is 2. The number of anilines is 1. The van der Waals surface area contributed by atoms with Crippen LogP contribution in [0.25, 0.3) is 0 Å². The van der Waals surface area contributed by atoms with Gasteiger partial charge < -0.3 is 10.4 Å². The highest BCUT2D eigenvalue weighted by Crippen LogP contribution is 2.14. The molecule has 1 amide bonds. The van der Waals surface area contributed by atoms with Crippen LogP contribution in [0.2, 0.25) is 0 Å². The van der Waals surface area contributed by atoms with Crippen molar-refractivity contribution in [1.29, 1.82) is 0 Å². The lowest BCUT2D eigenvalue weighted by atomic mass is 10.2. The van der Waals surface area contributed by atoms with Gasteiger partial charge in [0.15, 0.2) is 0 Å². The summed E-state index contributed by atoms with van der Waals surface area (Å²) in [6.45, 7) is 0. The quantitative estimate of drug-likeness (QED) is 0.407. The molecular formula is C20H15I2NO3. The Morgan fingerprint density at radius 3 is 1.62 bits per heavy atom. The molecule has 0 aliphatic heterocycles. The van der Waals surface area contributed by atoms with Crippen LogP contribution < -0.4 is 5.32 Å². The number of carbonyl (C=O) groups is 2. The summed E-state index contributed by atoms with van der Waals surface area (Å²) in [5.41, 5.74) is 1.88. The number of hydrogen-bond acceptors (Lipinski definition) is 2. The van der Waals surface area contributed by atoms with Gasteiger partial charge in [0.2, 0.25) is 0 Å². The summed E-state index contributed by atoms with van der Waals surface area (Å²) in [5.74, 6) is -0.943. The topological polar surface area (TPSA) is 66.4 Å². The maximum Gasteiger partial charge on any atom is 0.336 e. The molecule has 0 radical (unpaired) electrons. The van der Waals surface area contributed by atoms with Crippen LogP contribution in [0.5, 0.6) is 0 Å². The van der Waals surface area contributed by atoms with Crippen LogP contribution in [0.3, 0.4) is 0 Å². The number of amides is 1. The molecule has 3 rings (SSSR count). The molecule has 0 saturated heterocycles. The first-order chi connectivity index (χ1) is 12.5. The Bertz CT molecular complexity index is 898. The third-order valence-electron chi connectivity index (χ3n) is 3.25. The average Bonchev–Trinajstić information content (AvgIpc) is 2.63. The second kappa shape index (κ2) is 10.3. The first-order valence-electron chi connectivity index (χ1n) is 7.58. The number of benzene rings is 3. The van der Waals surface area contributed by atoms with Gasteiger partial charge >= 0.3 is 5.97 Å². The first-order valence-corrected chi connectivity index (χ1v) is 9.73. The zero-order valence-electron chi connectivity index (χ0n) is 13.5. The molecule has 0 atom stereocenters. The third-order valence-corrected chi connectivity index (χ3v) is 5.14. The standard InChI is InChI=1S/C13H10INO.C7H5IO2/c14-12-9-5-4-8-11(12)13(16)15-10-6-2-1-3-7-10;8-6-4-2-1-3-5(6)7(9)10/h1-9H,(H,15,16);1-4H,(H,9,10). The van der Waals surface area contributed by atoms with Gasteiger partial charge in [0.05, 0.1) is 11.1 Å². The molecule has 0 heterocycles. The molecule has 0 unspecified atom stereocenters. The highest BCUT2D eigenvalue weighted by molar-refractivity contribution is 14.1. The first kappa shape index (κ1) is 20.4. The summed E-state index contributed by atoms with van der Waals surface area (Å²) >= 11 is 4.15. The monoisotopic (exact) mass is 571 g/mol. The van der Waals surface area contributed by atoms with Crippen molar-refractivity contribution < 1.29 is 14.7 Å². The highest BCUT2D eigenvalue weighted by Gasteiger charge is 2.08. The van der Waals surface area contributed by atoms with Crippen molar-refractivity contribution in [3.63, 3.8) is 0 Å². The van der Waals surface area contributed by atoms with Crippen molar-refractivity contribution in [3.05, 3.63) is 97.1 Å². The summed E-state index contributed by atoms with van der Waals surface area (Å²) in [5, 5.41) is 11.4. The Kier molecular flexibility index (Phi) is 8.05. The minimum atomic E-state index is -0.870. The lowest BCUT2D eigenvalue weighted by molar-refractivity contribution is 0.0695. The Labute approximate surface area is 178 Å². The number of para-hydroxylation sites is 1. The van der Waals surface area contributed by atoms with Crippen molar-refractivity contribution in [2.45, 2.75) is 0 Å². The van der Waals surface area contributed by atoms with Crippen LogP contribution >= 0.6 is 45.2 Å². The van der Waals surface area contributed by atoms with Gasteiger partial charge in [-0.15, -0.1) is 0 Å². The Morgan fingerprint density at radius 2 is 1.15 bits per heavy atom. The lowest BCUT2D eigenvalue weighted by Gasteiger charge is -2.06. The van der Waals surface area contributed by atoms with Crippen LogP contribution in [-0.4, -0.2) is 17.0 Å². The van der Waals surface area contributed by atoms with Crippen molar-refractivity contribution in [3.8, 4) is 0 Å². The lowest BCUT2D eigenvalue weighted by Crippen LogP contribution is -2.13. The van der Waals surface area contributed by atoms with Crippen molar-refractivity contribution in [2.24, 2.45) is 0 Å². The molecule has 6 heteroatoms. The van der Waals surface area contributed by atoms with Crippen LogP contribution in [0, 0.1) is 7.14 Å². The number of aromatic carboxylic acids is 1. The fraction of sp³-hybridized carbons (Fsp3) is 0. The fourth-order valence-electron chi connectivity index (χ4n) is 2.00. The third kappa shape index (κ3) is 6.10. The Balaban J connectivity index is 0.000000209. The van der Waals surface area contributed by atoms with E-state index in [4.69, 9.17) is 5.11 Å². The van der Waals surface area contributed by atoms with Gasteiger partial charge in [0.25, 0.3) is 5.91 Å². The molecule has 0 aromatic heterocycles. The fourth-order valence-corrected chi connectivity index (χ4v) is 3.25. The molecule has 0 aliphatic carbocycles. The molecule has 2 N–H and O–H groups in total. The van der Waals surface area contributed by atoms with Crippen molar-refractivity contribution >= 4 is 62.7 Å². The highest BCUT2D eigenvalue weighted by atomic mass is 127. The zero-order chi connectivity index (χ0) is 18.9. The van der Waals surface area contributed by atoms with E-state index >= 15 is 0 Å². The smallest absolute Gasteiger partial charge is 0.336 e. The summed E-state index contributed by atoms with van der Waals surface area (Å²) in [6.07, 6.45) is 0. The van der Waals surface area contributed by atoms with Gasteiger partial charge in [0, 0.05) is 12.8 Å². The SMILES string of the molecule is O=C(Nc1ccccc1)c1ccccc1I.O=C(O)c1ccccc1I. The molecule has 0 aliphatic rings. The van der Waals surface area contributed by atoms with Gasteiger partial charge in [-0.3, -0.25) is 4.79 Å². The van der Waals surface area contributed by atoms with Gasteiger partial charge in [0.1, 0.15) is 0 Å². The van der Waals surface area contributed by atoms with E-state index in [2.05, 4.69) is 27.9 Å². The van der Waals surface area contributed by atoms with Crippen molar-refractivity contribution in [1.82, 2.24) is 0 Å². The molecule has 26 heavy (non-hydrogen) atoms. The van der Waals surface area contributed by atoms with Crippen LogP contribution in [0.1, 0.15) is 20.7 Å². The minimum absolute atomic E-state index is 0.0730. The Hall–Kier alpha value is -1.94. The molecule has 3 aromatic carbocycles.